The summed E-state index contributed by atoms with van der Waals surface area (Å²) in [5.74, 6) is -2.98. The van der Waals surface area contributed by atoms with Crippen molar-refractivity contribution in [2.75, 3.05) is 16.8 Å². The van der Waals surface area contributed by atoms with Crippen molar-refractivity contribution in [2.45, 2.75) is 20.0 Å². The Morgan fingerprint density at radius 2 is 1.62 bits per heavy atom. The van der Waals surface area contributed by atoms with Crippen LogP contribution in [0.2, 0.25) is 5.02 Å². The average molecular weight is 497 g/mol. The summed E-state index contributed by atoms with van der Waals surface area (Å²) in [7, 11) is 0. The molecule has 3 rings (SSSR count). The van der Waals surface area contributed by atoms with Crippen molar-refractivity contribution in [3.8, 4) is 0 Å². The highest BCUT2D eigenvalue weighted by Crippen LogP contribution is 2.38. The van der Waals surface area contributed by atoms with E-state index in [-0.39, 0.29) is 22.9 Å². The van der Waals surface area contributed by atoms with Gasteiger partial charge < -0.3 is 10.2 Å². The van der Waals surface area contributed by atoms with Gasteiger partial charge >= 0.3 is 6.18 Å². The highest BCUT2D eigenvalue weighted by molar-refractivity contribution is 6.33. The second kappa shape index (κ2) is 11.7. The van der Waals surface area contributed by atoms with Crippen LogP contribution < -0.4 is 10.2 Å². The zero-order valence-corrected chi connectivity index (χ0v) is 19.1. The van der Waals surface area contributed by atoms with Gasteiger partial charge in [0.1, 0.15) is 17.2 Å². The molecule has 34 heavy (non-hydrogen) atoms. The molecule has 0 aromatic heterocycles. The monoisotopic (exact) mass is 496 g/mol. The van der Waals surface area contributed by atoms with Crippen LogP contribution >= 0.6 is 11.6 Å². The minimum Gasteiger partial charge on any atom is -0.336 e. The second-order valence-electron chi connectivity index (χ2n) is 6.66. The summed E-state index contributed by atoms with van der Waals surface area (Å²) in [6.45, 7) is 7.77. The van der Waals surface area contributed by atoms with E-state index in [0.717, 1.165) is 36.4 Å². The van der Waals surface area contributed by atoms with Crippen molar-refractivity contribution in [3.05, 3.63) is 101 Å². The molecule has 3 aromatic carbocycles. The van der Waals surface area contributed by atoms with Gasteiger partial charge in [0.25, 0.3) is 5.91 Å². The van der Waals surface area contributed by atoms with Gasteiger partial charge in [-0.1, -0.05) is 37.6 Å². The van der Waals surface area contributed by atoms with Crippen LogP contribution in [0.25, 0.3) is 0 Å². The minimum absolute atomic E-state index is 0.104. The first kappa shape index (κ1) is 26.9. The van der Waals surface area contributed by atoms with Crippen LogP contribution in [-0.2, 0) is 6.18 Å². The summed E-state index contributed by atoms with van der Waals surface area (Å²) >= 11 is 6.15. The molecule has 0 bridgehead atoms. The third-order valence-corrected chi connectivity index (χ3v) is 4.82. The van der Waals surface area contributed by atoms with E-state index in [1.165, 1.54) is 35.2 Å². The molecule has 0 unspecified atom stereocenters. The zero-order chi connectivity index (χ0) is 25.5. The van der Waals surface area contributed by atoms with Crippen molar-refractivity contribution in [2.24, 2.45) is 0 Å². The number of rotatable bonds is 6. The van der Waals surface area contributed by atoms with Gasteiger partial charge in [0.05, 0.1) is 16.3 Å². The summed E-state index contributed by atoms with van der Waals surface area (Å²) in [5, 5.41) is 2.49. The Morgan fingerprint density at radius 1 is 1.03 bits per heavy atom. The van der Waals surface area contributed by atoms with Crippen molar-refractivity contribution in [1.82, 2.24) is 0 Å². The molecule has 0 heterocycles. The molecule has 0 aliphatic heterocycles. The predicted octanol–water partition coefficient (Wildman–Crippen LogP) is 8.24. The first-order valence-corrected chi connectivity index (χ1v) is 10.6. The number of nitrogens with zero attached hydrogens (tertiary/aromatic N) is 1. The topological polar surface area (TPSA) is 32.3 Å². The van der Waals surface area contributed by atoms with Gasteiger partial charge in [0.2, 0.25) is 0 Å². The van der Waals surface area contributed by atoms with Crippen molar-refractivity contribution in [3.63, 3.8) is 0 Å². The maximum Gasteiger partial charge on any atom is 0.416 e. The molecule has 3 nitrogen and oxygen atoms in total. The number of amides is 1. The fourth-order valence-corrected chi connectivity index (χ4v) is 3.22. The van der Waals surface area contributed by atoms with E-state index in [1.54, 1.807) is 0 Å². The van der Waals surface area contributed by atoms with Gasteiger partial charge in [-0.05, 0) is 54.6 Å². The van der Waals surface area contributed by atoms with E-state index < -0.39 is 34.8 Å². The number of halogens is 6. The molecule has 9 heteroatoms. The largest absolute Gasteiger partial charge is 0.416 e. The smallest absolute Gasteiger partial charge is 0.336 e. The Bertz CT molecular complexity index is 1130. The molecule has 0 fully saturated rings. The summed E-state index contributed by atoms with van der Waals surface area (Å²) in [4.78, 5) is 13.7. The molecule has 0 saturated heterocycles. The molecule has 1 amide bonds. The second-order valence-corrected chi connectivity index (χ2v) is 7.07. The molecule has 180 valence electrons. The lowest BCUT2D eigenvalue weighted by Crippen LogP contribution is -2.19. The third kappa shape index (κ3) is 6.35. The van der Waals surface area contributed by atoms with Gasteiger partial charge in [0.15, 0.2) is 0 Å². The van der Waals surface area contributed by atoms with Gasteiger partial charge in [-0.3, -0.25) is 4.79 Å². The summed E-state index contributed by atoms with van der Waals surface area (Å²) in [5.41, 5.74) is -0.773. The molecule has 0 aliphatic carbocycles. The lowest BCUT2D eigenvalue weighted by atomic mass is 10.1. The Morgan fingerprint density at radius 3 is 2.15 bits per heavy atom. The number of hydrogen-bond donors (Lipinski definition) is 1. The first-order valence-electron chi connectivity index (χ1n) is 10.2. The van der Waals surface area contributed by atoms with E-state index in [4.69, 9.17) is 11.6 Å². The summed E-state index contributed by atoms with van der Waals surface area (Å²) in [6, 6.07) is 12.0. The highest BCUT2D eigenvalue weighted by atomic mass is 35.5. The number of benzene rings is 3. The number of anilines is 3. The Balaban J connectivity index is 0.00000199. The number of carbonyl (C=O) groups is 1. The molecule has 3 aromatic rings. The lowest BCUT2D eigenvalue weighted by molar-refractivity contribution is -0.137. The maximum absolute atomic E-state index is 13.8. The molecular weight excluding hydrogens is 475 g/mol. The molecule has 1 N–H and O–H groups in total. The molecule has 0 aliphatic rings. The molecule has 0 saturated carbocycles. The Labute approximate surface area is 199 Å². The van der Waals surface area contributed by atoms with Crippen LogP contribution in [-0.4, -0.2) is 12.5 Å². The van der Waals surface area contributed by atoms with Gasteiger partial charge in [-0.15, -0.1) is 6.58 Å². The Hall–Kier alpha value is -3.39. The zero-order valence-electron chi connectivity index (χ0n) is 18.4. The average Bonchev–Trinajstić information content (AvgIpc) is 2.79. The minimum atomic E-state index is -4.55. The van der Waals surface area contributed by atoms with Gasteiger partial charge in [0, 0.05) is 17.9 Å². The van der Waals surface area contributed by atoms with Crippen LogP contribution in [0.15, 0.2) is 73.3 Å². The van der Waals surface area contributed by atoms with E-state index in [0.29, 0.717) is 5.69 Å². The normalized spacial score (nSPS) is 10.7. The quantitative estimate of drug-likeness (QED) is 0.275. The number of carbonyl (C=O) groups excluding carboxylic acids is 1. The van der Waals surface area contributed by atoms with E-state index in [9.17, 15) is 26.7 Å². The maximum atomic E-state index is 13.8. The molecule has 0 radical (unpaired) electrons. The summed E-state index contributed by atoms with van der Waals surface area (Å²) in [6.07, 6.45) is -3.05. The van der Waals surface area contributed by atoms with Crippen LogP contribution in [0.1, 0.15) is 29.8 Å². The van der Waals surface area contributed by atoms with E-state index in [2.05, 4.69) is 11.9 Å². The van der Waals surface area contributed by atoms with Crippen LogP contribution in [0, 0.1) is 11.6 Å². The number of alkyl halides is 3. The van der Waals surface area contributed by atoms with E-state index in [1.807, 2.05) is 13.8 Å². The fourth-order valence-electron chi connectivity index (χ4n) is 3.00. The van der Waals surface area contributed by atoms with Gasteiger partial charge in [-0.25, -0.2) is 8.78 Å². The molecule has 0 spiro atoms. The standard InChI is InChI=1S/C23H16ClF5N2O.C2H6/c1-2-12-31(20-13-14(23(27,28)29)6-11-17(20)24)16-9-7-15(8-10-16)30-22(32)21-18(25)4-3-5-19(21)26;1-2/h2-11,13H,1,12H2,(H,30,32);1-2H3. The number of nitrogens with one attached hydrogen (secondary N) is 1. The van der Waals surface area contributed by atoms with Crippen LogP contribution in [0.4, 0.5) is 39.0 Å². The van der Waals surface area contributed by atoms with Crippen molar-refractivity contribution >= 4 is 34.6 Å². The third-order valence-electron chi connectivity index (χ3n) is 4.50. The lowest BCUT2D eigenvalue weighted by Gasteiger charge is -2.26. The Kier molecular flexibility index (Phi) is 9.20. The predicted molar refractivity (Wildman–Crippen MR) is 126 cm³/mol. The first-order chi connectivity index (χ1) is 16.1. The van der Waals surface area contributed by atoms with Crippen LogP contribution in [0.3, 0.4) is 0 Å². The summed E-state index contributed by atoms with van der Waals surface area (Å²) < 4.78 is 67.0. The SMILES string of the molecule is C=CCN(c1ccc(NC(=O)c2c(F)cccc2F)cc1)c1cc(C(F)(F)F)ccc1Cl.CC. The highest BCUT2D eigenvalue weighted by Gasteiger charge is 2.31. The fraction of sp³-hybridized carbons (Fsp3) is 0.160. The van der Waals surface area contributed by atoms with E-state index >= 15 is 0 Å². The van der Waals surface area contributed by atoms with Gasteiger partial charge in [-0.2, -0.15) is 13.2 Å². The number of hydrogen-bond acceptors (Lipinski definition) is 2. The van der Waals surface area contributed by atoms with Crippen molar-refractivity contribution < 1.29 is 26.7 Å². The molecular formula is C25H22ClF5N2O. The van der Waals surface area contributed by atoms with Crippen molar-refractivity contribution in [1.29, 1.82) is 0 Å². The molecule has 0 atom stereocenters. The van der Waals surface area contributed by atoms with Crippen LogP contribution in [0.5, 0.6) is 0 Å².